The second-order valence-electron chi connectivity index (χ2n) is 5.37. The van der Waals surface area contributed by atoms with Crippen LogP contribution in [0, 0.1) is 19.7 Å². The van der Waals surface area contributed by atoms with Gasteiger partial charge in [0, 0.05) is 18.8 Å². The highest BCUT2D eigenvalue weighted by atomic mass is 19.1. The molecule has 106 valence electrons. The predicted octanol–water partition coefficient (Wildman–Crippen LogP) is 4.23. The van der Waals surface area contributed by atoms with Crippen molar-refractivity contribution in [3.05, 3.63) is 58.9 Å². The van der Waals surface area contributed by atoms with E-state index in [-0.39, 0.29) is 11.9 Å². The molecule has 0 saturated heterocycles. The van der Waals surface area contributed by atoms with Crippen LogP contribution in [-0.4, -0.2) is 7.05 Å². The van der Waals surface area contributed by atoms with Crippen molar-refractivity contribution in [1.29, 1.82) is 0 Å². The van der Waals surface area contributed by atoms with Gasteiger partial charge in [0.15, 0.2) is 0 Å². The average molecular weight is 272 g/mol. The lowest BCUT2D eigenvalue weighted by Gasteiger charge is -2.25. The highest BCUT2D eigenvalue weighted by molar-refractivity contribution is 5.68. The van der Waals surface area contributed by atoms with Crippen molar-refractivity contribution in [2.75, 3.05) is 11.9 Å². The molecule has 0 aromatic heterocycles. The summed E-state index contributed by atoms with van der Waals surface area (Å²) < 4.78 is 14.3. The third-order valence-corrected chi connectivity index (χ3v) is 3.44. The zero-order valence-electron chi connectivity index (χ0n) is 12.4. The van der Waals surface area contributed by atoms with E-state index in [2.05, 4.69) is 6.07 Å². The molecule has 0 heterocycles. The Hall–Kier alpha value is -1.87. The first kappa shape index (κ1) is 14.5. The molecule has 2 aromatic rings. The number of aryl methyl sites for hydroxylation is 2. The van der Waals surface area contributed by atoms with Gasteiger partial charge in [-0.25, -0.2) is 4.39 Å². The summed E-state index contributed by atoms with van der Waals surface area (Å²) >= 11 is 0. The fourth-order valence-corrected chi connectivity index (χ4v) is 2.53. The maximum atomic E-state index is 14.3. The minimum atomic E-state index is -0.249. The SMILES string of the molecule is Cc1cc(C)cc(N(C)c2c(F)cccc2[C@H](C)N)c1. The van der Waals surface area contributed by atoms with E-state index in [1.54, 1.807) is 6.07 Å². The van der Waals surface area contributed by atoms with Crippen LogP contribution in [-0.2, 0) is 0 Å². The van der Waals surface area contributed by atoms with E-state index >= 15 is 0 Å². The van der Waals surface area contributed by atoms with Crippen LogP contribution >= 0.6 is 0 Å². The summed E-state index contributed by atoms with van der Waals surface area (Å²) in [5.41, 5.74) is 10.6. The Morgan fingerprint density at radius 2 is 1.70 bits per heavy atom. The van der Waals surface area contributed by atoms with Crippen LogP contribution in [0.3, 0.4) is 0 Å². The van der Waals surface area contributed by atoms with Gasteiger partial charge in [0.2, 0.25) is 0 Å². The van der Waals surface area contributed by atoms with Crippen LogP contribution < -0.4 is 10.6 Å². The van der Waals surface area contributed by atoms with Crippen LogP contribution in [0.2, 0.25) is 0 Å². The smallest absolute Gasteiger partial charge is 0.147 e. The molecular weight excluding hydrogens is 251 g/mol. The summed E-state index contributed by atoms with van der Waals surface area (Å²) in [6.45, 7) is 5.95. The molecule has 2 nitrogen and oxygen atoms in total. The molecule has 0 unspecified atom stereocenters. The number of benzene rings is 2. The number of anilines is 2. The van der Waals surface area contributed by atoms with Gasteiger partial charge in [-0.15, -0.1) is 0 Å². The molecule has 2 rings (SSSR count). The molecule has 0 amide bonds. The molecule has 0 bridgehead atoms. The van der Waals surface area contributed by atoms with E-state index < -0.39 is 0 Å². The van der Waals surface area contributed by atoms with Crippen molar-refractivity contribution in [3.63, 3.8) is 0 Å². The molecule has 0 aliphatic heterocycles. The Morgan fingerprint density at radius 1 is 1.10 bits per heavy atom. The van der Waals surface area contributed by atoms with Crippen LogP contribution in [0.1, 0.15) is 29.7 Å². The van der Waals surface area contributed by atoms with Gasteiger partial charge in [0.05, 0.1) is 5.69 Å². The minimum Gasteiger partial charge on any atom is -0.342 e. The fraction of sp³-hybridized carbons (Fsp3) is 0.294. The second kappa shape index (κ2) is 5.63. The summed E-state index contributed by atoms with van der Waals surface area (Å²) in [6, 6.07) is 11.0. The Labute approximate surface area is 120 Å². The van der Waals surface area contributed by atoms with Crippen LogP contribution in [0.15, 0.2) is 36.4 Å². The standard InChI is InChI=1S/C17H21FN2/c1-11-8-12(2)10-14(9-11)20(4)17-15(13(3)19)6-5-7-16(17)18/h5-10,13H,19H2,1-4H3/t13-/m0/s1. The van der Waals surface area contributed by atoms with Crippen molar-refractivity contribution in [2.45, 2.75) is 26.8 Å². The van der Waals surface area contributed by atoms with Crippen molar-refractivity contribution in [2.24, 2.45) is 5.73 Å². The normalized spacial score (nSPS) is 12.3. The Kier molecular flexibility index (Phi) is 4.09. The van der Waals surface area contributed by atoms with E-state index in [1.807, 2.05) is 50.9 Å². The lowest BCUT2D eigenvalue weighted by atomic mass is 10.0. The zero-order chi connectivity index (χ0) is 14.9. The summed E-state index contributed by atoms with van der Waals surface area (Å²) in [5, 5.41) is 0. The molecule has 3 heteroatoms. The number of halogens is 1. The van der Waals surface area contributed by atoms with E-state index in [0.717, 1.165) is 22.4 Å². The van der Waals surface area contributed by atoms with E-state index in [9.17, 15) is 4.39 Å². The number of rotatable bonds is 3. The maximum Gasteiger partial charge on any atom is 0.147 e. The Morgan fingerprint density at radius 3 is 2.25 bits per heavy atom. The van der Waals surface area contributed by atoms with Crippen molar-refractivity contribution in [1.82, 2.24) is 0 Å². The predicted molar refractivity (Wildman–Crippen MR) is 83.0 cm³/mol. The number of nitrogens with two attached hydrogens (primary N) is 1. The number of nitrogens with zero attached hydrogens (tertiary/aromatic N) is 1. The lowest BCUT2D eigenvalue weighted by molar-refractivity contribution is 0.622. The minimum absolute atomic E-state index is 0.214. The van der Waals surface area contributed by atoms with Crippen LogP contribution in [0.5, 0.6) is 0 Å². The Balaban J connectivity index is 2.55. The van der Waals surface area contributed by atoms with Gasteiger partial charge >= 0.3 is 0 Å². The van der Waals surface area contributed by atoms with E-state index in [0.29, 0.717) is 5.69 Å². The molecule has 0 fully saturated rings. The third kappa shape index (κ3) is 2.83. The molecule has 0 aliphatic carbocycles. The summed E-state index contributed by atoms with van der Waals surface area (Å²) in [4.78, 5) is 1.87. The van der Waals surface area contributed by atoms with Gasteiger partial charge in [-0.3, -0.25) is 0 Å². The zero-order valence-corrected chi connectivity index (χ0v) is 12.4. The fourth-order valence-electron chi connectivity index (χ4n) is 2.53. The molecule has 1 atom stereocenters. The molecular formula is C17H21FN2. The largest absolute Gasteiger partial charge is 0.342 e. The lowest BCUT2D eigenvalue weighted by Crippen LogP contribution is -2.17. The van der Waals surface area contributed by atoms with Crippen LogP contribution in [0.4, 0.5) is 15.8 Å². The summed E-state index contributed by atoms with van der Waals surface area (Å²) in [7, 11) is 1.87. The monoisotopic (exact) mass is 272 g/mol. The molecule has 2 aromatic carbocycles. The van der Waals surface area contributed by atoms with Gasteiger partial charge < -0.3 is 10.6 Å². The van der Waals surface area contributed by atoms with Gasteiger partial charge in [-0.05, 0) is 55.7 Å². The van der Waals surface area contributed by atoms with Crippen LogP contribution in [0.25, 0.3) is 0 Å². The number of para-hydroxylation sites is 1. The first-order chi connectivity index (χ1) is 9.40. The van der Waals surface area contributed by atoms with Crippen molar-refractivity contribution in [3.8, 4) is 0 Å². The second-order valence-corrected chi connectivity index (χ2v) is 5.37. The van der Waals surface area contributed by atoms with Gasteiger partial charge in [0.1, 0.15) is 5.82 Å². The van der Waals surface area contributed by atoms with Gasteiger partial charge in [0.25, 0.3) is 0 Å². The molecule has 2 N–H and O–H groups in total. The van der Waals surface area contributed by atoms with E-state index in [1.165, 1.54) is 6.07 Å². The molecule has 20 heavy (non-hydrogen) atoms. The average Bonchev–Trinajstić information content (AvgIpc) is 2.36. The summed E-state index contributed by atoms with van der Waals surface area (Å²) in [6.07, 6.45) is 0. The van der Waals surface area contributed by atoms with E-state index in [4.69, 9.17) is 5.73 Å². The molecule has 0 radical (unpaired) electrons. The number of hydrogen-bond donors (Lipinski definition) is 1. The Bertz CT molecular complexity index is 600. The molecule has 0 aliphatic rings. The molecule has 0 spiro atoms. The van der Waals surface area contributed by atoms with Gasteiger partial charge in [-0.1, -0.05) is 18.2 Å². The quantitative estimate of drug-likeness (QED) is 0.906. The third-order valence-electron chi connectivity index (χ3n) is 3.44. The van der Waals surface area contributed by atoms with Gasteiger partial charge in [-0.2, -0.15) is 0 Å². The summed E-state index contributed by atoms with van der Waals surface area (Å²) in [5.74, 6) is -0.249. The first-order valence-corrected chi connectivity index (χ1v) is 6.76. The molecule has 0 saturated carbocycles. The number of hydrogen-bond acceptors (Lipinski definition) is 2. The topological polar surface area (TPSA) is 29.3 Å². The first-order valence-electron chi connectivity index (χ1n) is 6.76. The highest BCUT2D eigenvalue weighted by Gasteiger charge is 2.17. The van der Waals surface area contributed by atoms with Crippen molar-refractivity contribution < 1.29 is 4.39 Å². The highest BCUT2D eigenvalue weighted by Crippen LogP contribution is 2.33. The maximum absolute atomic E-state index is 14.3. The van der Waals surface area contributed by atoms with Crippen molar-refractivity contribution >= 4 is 11.4 Å².